The van der Waals surface area contributed by atoms with Crippen molar-refractivity contribution >= 4 is 22.8 Å². The van der Waals surface area contributed by atoms with Crippen LogP contribution in [0.25, 0.3) is 0 Å². The standard InChI is InChI=1S/C8H5ClO2/c9-8(11)7-3-1-6(5-10)2-4-7/h1,3-4H,2H2. The smallest absolute Gasteiger partial charge is 0.252 e. The molecular formula is C8H5ClO2. The molecule has 0 fully saturated rings. The van der Waals surface area contributed by atoms with Crippen LogP contribution in [0, 0.1) is 0 Å². The van der Waals surface area contributed by atoms with Gasteiger partial charge in [0.1, 0.15) is 5.94 Å². The largest absolute Gasteiger partial charge is 0.276 e. The summed E-state index contributed by atoms with van der Waals surface area (Å²) in [5, 5.41) is -0.494. The van der Waals surface area contributed by atoms with Gasteiger partial charge in [0.05, 0.1) is 0 Å². The van der Waals surface area contributed by atoms with Crippen LogP contribution < -0.4 is 0 Å². The van der Waals surface area contributed by atoms with Gasteiger partial charge in [-0.05, 0) is 23.8 Å². The summed E-state index contributed by atoms with van der Waals surface area (Å²) in [4.78, 5) is 20.6. The highest BCUT2D eigenvalue weighted by Crippen LogP contribution is 2.14. The minimum absolute atomic E-state index is 0.436. The highest BCUT2D eigenvalue weighted by atomic mass is 35.5. The molecule has 0 radical (unpaired) electrons. The molecule has 0 unspecified atom stereocenters. The number of hydrogen-bond acceptors (Lipinski definition) is 2. The molecule has 1 aliphatic carbocycles. The first-order chi connectivity index (χ1) is 5.24. The van der Waals surface area contributed by atoms with Gasteiger partial charge in [-0.3, -0.25) is 4.79 Å². The second kappa shape index (κ2) is 3.33. The Labute approximate surface area is 68.8 Å². The minimum Gasteiger partial charge on any atom is -0.276 e. The molecule has 0 bridgehead atoms. The predicted molar refractivity (Wildman–Crippen MR) is 41.9 cm³/mol. The van der Waals surface area contributed by atoms with Gasteiger partial charge in [0.15, 0.2) is 0 Å². The van der Waals surface area contributed by atoms with Gasteiger partial charge in [0.2, 0.25) is 0 Å². The molecule has 0 heterocycles. The second-order valence-electron chi connectivity index (χ2n) is 2.10. The number of carbonyl (C=O) groups excluding carboxylic acids is 2. The maximum absolute atomic E-state index is 10.5. The zero-order valence-corrected chi connectivity index (χ0v) is 6.39. The highest BCUT2D eigenvalue weighted by Gasteiger charge is 2.06. The van der Waals surface area contributed by atoms with Crippen molar-refractivity contribution < 1.29 is 9.59 Å². The summed E-state index contributed by atoms with van der Waals surface area (Å²) in [5.41, 5.74) is 0.970. The molecule has 1 aliphatic rings. The Morgan fingerprint density at radius 2 is 2.27 bits per heavy atom. The Balaban J connectivity index is 2.83. The molecule has 2 nitrogen and oxygen atoms in total. The molecule has 0 aliphatic heterocycles. The molecule has 0 aromatic rings. The van der Waals surface area contributed by atoms with Crippen molar-refractivity contribution in [2.75, 3.05) is 0 Å². The van der Waals surface area contributed by atoms with E-state index in [1.54, 1.807) is 18.1 Å². The van der Waals surface area contributed by atoms with Crippen LogP contribution in [0.15, 0.2) is 29.4 Å². The van der Waals surface area contributed by atoms with Crippen molar-refractivity contribution in [3.8, 4) is 0 Å². The van der Waals surface area contributed by atoms with E-state index in [9.17, 15) is 9.59 Å². The fourth-order valence-corrected chi connectivity index (χ4v) is 0.908. The third-order valence-electron chi connectivity index (χ3n) is 1.36. The van der Waals surface area contributed by atoms with E-state index in [1.807, 2.05) is 0 Å². The fourth-order valence-electron chi connectivity index (χ4n) is 0.768. The fraction of sp³-hybridized carbons (Fsp3) is 0.125. The molecule has 0 spiro atoms. The lowest BCUT2D eigenvalue weighted by Crippen LogP contribution is -1.94. The molecule has 0 amide bonds. The Hall–Kier alpha value is -1.11. The van der Waals surface area contributed by atoms with Crippen LogP contribution in [0.2, 0.25) is 0 Å². The van der Waals surface area contributed by atoms with Crippen LogP contribution in [0.1, 0.15) is 6.42 Å². The van der Waals surface area contributed by atoms with Gasteiger partial charge in [-0.1, -0.05) is 6.08 Å². The second-order valence-corrected chi connectivity index (χ2v) is 2.44. The molecule has 0 aromatic carbocycles. The van der Waals surface area contributed by atoms with Crippen molar-refractivity contribution in [2.24, 2.45) is 0 Å². The summed E-state index contributed by atoms with van der Waals surface area (Å²) in [7, 11) is 0. The van der Waals surface area contributed by atoms with Gasteiger partial charge in [0.25, 0.3) is 5.24 Å². The van der Waals surface area contributed by atoms with E-state index in [0.29, 0.717) is 17.6 Å². The number of halogens is 1. The average molecular weight is 169 g/mol. The molecule has 0 saturated carbocycles. The van der Waals surface area contributed by atoms with E-state index < -0.39 is 5.24 Å². The molecule has 56 valence electrons. The molecule has 0 atom stereocenters. The van der Waals surface area contributed by atoms with Gasteiger partial charge < -0.3 is 0 Å². The zero-order valence-electron chi connectivity index (χ0n) is 5.63. The molecule has 0 aromatic heterocycles. The molecule has 0 N–H and O–H groups in total. The van der Waals surface area contributed by atoms with Crippen LogP contribution >= 0.6 is 11.6 Å². The normalized spacial score (nSPS) is 15.7. The van der Waals surface area contributed by atoms with Gasteiger partial charge >= 0.3 is 0 Å². The van der Waals surface area contributed by atoms with Crippen LogP contribution in [-0.2, 0) is 9.59 Å². The van der Waals surface area contributed by atoms with Crippen molar-refractivity contribution in [3.63, 3.8) is 0 Å². The minimum atomic E-state index is -0.494. The summed E-state index contributed by atoms with van der Waals surface area (Å²) in [6.45, 7) is 0. The van der Waals surface area contributed by atoms with E-state index in [1.165, 1.54) is 6.08 Å². The number of carbonyl (C=O) groups is 1. The SMILES string of the molecule is O=C=C1C=CC(C(=O)Cl)=CC1. The monoisotopic (exact) mass is 168 g/mol. The number of allylic oxidation sites excluding steroid dienone is 5. The maximum atomic E-state index is 10.5. The van der Waals surface area contributed by atoms with Gasteiger partial charge in [0, 0.05) is 17.6 Å². The lowest BCUT2D eigenvalue weighted by molar-refractivity contribution is -0.108. The van der Waals surface area contributed by atoms with Gasteiger partial charge in [-0.25, -0.2) is 4.79 Å². The Kier molecular flexibility index (Phi) is 2.42. The van der Waals surface area contributed by atoms with E-state index in [0.717, 1.165) is 0 Å². The maximum Gasteiger partial charge on any atom is 0.252 e. The first-order valence-corrected chi connectivity index (χ1v) is 3.44. The van der Waals surface area contributed by atoms with E-state index in [-0.39, 0.29) is 0 Å². The Morgan fingerprint density at radius 1 is 1.55 bits per heavy atom. The quantitative estimate of drug-likeness (QED) is 0.438. The molecule has 11 heavy (non-hydrogen) atoms. The summed E-state index contributed by atoms with van der Waals surface area (Å²) in [5.74, 6) is 1.74. The highest BCUT2D eigenvalue weighted by molar-refractivity contribution is 6.68. The lowest BCUT2D eigenvalue weighted by Gasteiger charge is -2.00. The van der Waals surface area contributed by atoms with Crippen molar-refractivity contribution in [1.29, 1.82) is 0 Å². The number of rotatable bonds is 1. The van der Waals surface area contributed by atoms with Gasteiger partial charge in [-0.2, -0.15) is 0 Å². The predicted octanol–water partition coefficient (Wildman–Crippen LogP) is 1.40. The summed E-state index contributed by atoms with van der Waals surface area (Å²) in [6, 6.07) is 0. The Bertz CT molecular complexity index is 293. The van der Waals surface area contributed by atoms with Crippen LogP contribution in [0.5, 0.6) is 0 Å². The summed E-state index contributed by atoms with van der Waals surface area (Å²) >= 11 is 5.18. The number of hydrogen-bond donors (Lipinski definition) is 0. The molecule has 1 rings (SSSR count). The van der Waals surface area contributed by atoms with Crippen LogP contribution in [-0.4, -0.2) is 11.2 Å². The first-order valence-electron chi connectivity index (χ1n) is 3.06. The lowest BCUT2D eigenvalue weighted by atomic mass is 10.0. The molecule has 3 heteroatoms. The zero-order chi connectivity index (χ0) is 8.27. The first kappa shape index (κ1) is 7.99. The van der Waals surface area contributed by atoms with Crippen LogP contribution in [0.4, 0.5) is 0 Å². The molecule has 0 saturated heterocycles. The molecular weight excluding hydrogens is 164 g/mol. The van der Waals surface area contributed by atoms with Crippen molar-refractivity contribution in [1.82, 2.24) is 0 Å². The third kappa shape index (κ3) is 1.90. The average Bonchev–Trinajstić information content (AvgIpc) is 2.05. The van der Waals surface area contributed by atoms with E-state index >= 15 is 0 Å². The van der Waals surface area contributed by atoms with Crippen molar-refractivity contribution in [3.05, 3.63) is 29.4 Å². The Morgan fingerprint density at radius 3 is 2.64 bits per heavy atom. The summed E-state index contributed by atoms with van der Waals surface area (Å²) in [6.07, 6.45) is 5.10. The van der Waals surface area contributed by atoms with Crippen LogP contribution in [0.3, 0.4) is 0 Å². The van der Waals surface area contributed by atoms with Gasteiger partial charge in [-0.15, -0.1) is 0 Å². The summed E-state index contributed by atoms with van der Waals surface area (Å²) < 4.78 is 0. The van der Waals surface area contributed by atoms with E-state index in [4.69, 9.17) is 11.6 Å². The van der Waals surface area contributed by atoms with E-state index in [2.05, 4.69) is 0 Å². The van der Waals surface area contributed by atoms with Crippen molar-refractivity contribution in [2.45, 2.75) is 6.42 Å². The third-order valence-corrected chi connectivity index (χ3v) is 1.58. The topological polar surface area (TPSA) is 34.1 Å².